The number of rotatable bonds is 5. The van der Waals surface area contributed by atoms with E-state index in [4.69, 9.17) is 5.73 Å². The summed E-state index contributed by atoms with van der Waals surface area (Å²) in [5.41, 5.74) is 5.50. The lowest BCUT2D eigenvalue weighted by atomic mass is 9.82. The Bertz CT molecular complexity index is 294. The molecule has 0 aromatic carbocycles. The molecule has 4 nitrogen and oxygen atoms in total. The van der Waals surface area contributed by atoms with Crippen molar-refractivity contribution in [1.82, 2.24) is 10.2 Å². The number of carbonyl (C=O) groups is 1. The van der Waals surface area contributed by atoms with E-state index in [0.29, 0.717) is 24.7 Å². The van der Waals surface area contributed by atoms with Gasteiger partial charge in [0.05, 0.1) is 0 Å². The number of hydrogen-bond acceptors (Lipinski definition) is 3. The number of nitrogens with zero attached hydrogens (tertiary/aromatic N) is 1. The highest BCUT2D eigenvalue weighted by Crippen LogP contribution is 2.32. The van der Waals surface area contributed by atoms with Gasteiger partial charge in [-0.3, -0.25) is 4.79 Å². The van der Waals surface area contributed by atoms with Crippen molar-refractivity contribution in [3.05, 3.63) is 0 Å². The molecule has 2 fully saturated rings. The number of fused-ring (bicyclic) bond motifs is 2. The van der Waals surface area contributed by atoms with Crippen molar-refractivity contribution < 1.29 is 4.79 Å². The molecule has 2 aliphatic rings. The Morgan fingerprint density at radius 1 is 1.37 bits per heavy atom. The van der Waals surface area contributed by atoms with Crippen molar-refractivity contribution in [3.8, 4) is 0 Å². The van der Waals surface area contributed by atoms with Crippen LogP contribution in [0.2, 0.25) is 0 Å². The van der Waals surface area contributed by atoms with Crippen LogP contribution in [0.25, 0.3) is 0 Å². The van der Waals surface area contributed by atoms with E-state index in [2.05, 4.69) is 17.3 Å². The number of nitrogens with two attached hydrogens (primary N) is 1. The van der Waals surface area contributed by atoms with Gasteiger partial charge in [-0.2, -0.15) is 0 Å². The Morgan fingerprint density at radius 3 is 2.58 bits per heavy atom. The fraction of sp³-hybridized carbons (Fsp3) is 0.933. The van der Waals surface area contributed by atoms with Gasteiger partial charge in [-0.25, -0.2) is 0 Å². The molecule has 19 heavy (non-hydrogen) atoms. The third kappa shape index (κ3) is 3.69. The molecule has 3 N–H and O–H groups in total. The quantitative estimate of drug-likeness (QED) is 0.793. The van der Waals surface area contributed by atoms with Crippen molar-refractivity contribution in [1.29, 1.82) is 0 Å². The summed E-state index contributed by atoms with van der Waals surface area (Å²) in [7, 11) is 2.25. The average molecular weight is 267 g/mol. The van der Waals surface area contributed by atoms with Crippen LogP contribution in [-0.4, -0.2) is 42.5 Å². The Hall–Kier alpha value is -0.610. The fourth-order valence-corrected chi connectivity index (χ4v) is 3.63. The largest absolute Gasteiger partial charge is 0.353 e. The Labute approximate surface area is 117 Å². The van der Waals surface area contributed by atoms with Gasteiger partial charge in [-0.1, -0.05) is 13.3 Å². The summed E-state index contributed by atoms with van der Waals surface area (Å²) in [5.74, 6) is 0.323. The van der Waals surface area contributed by atoms with Crippen LogP contribution in [0.4, 0.5) is 0 Å². The Balaban J connectivity index is 1.81. The minimum absolute atomic E-state index is 0.100. The molecule has 2 rings (SSSR count). The van der Waals surface area contributed by atoms with Crippen LogP contribution in [0, 0.1) is 5.92 Å². The molecule has 0 aliphatic carbocycles. The van der Waals surface area contributed by atoms with E-state index in [0.717, 1.165) is 25.7 Å². The fourth-order valence-electron chi connectivity index (χ4n) is 3.63. The van der Waals surface area contributed by atoms with Crippen molar-refractivity contribution in [2.45, 2.75) is 70.0 Å². The van der Waals surface area contributed by atoms with Crippen LogP contribution in [0.3, 0.4) is 0 Å². The van der Waals surface area contributed by atoms with E-state index in [9.17, 15) is 4.79 Å². The normalized spacial score (nSPS) is 32.9. The van der Waals surface area contributed by atoms with Gasteiger partial charge in [0.1, 0.15) is 0 Å². The third-order valence-corrected chi connectivity index (χ3v) is 4.98. The molecule has 0 saturated carbocycles. The standard InChI is InChI=1S/C15H29N3O/c1-11(5-4-8-16)15(19)17-12-9-13-6-3-7-14(10-12)18(13)2/h11-14H,3-10,16H2,1-2H3,(H,17,19). The summed E-state index contributed by atoms with van der Waals surface area (Å²) in [6.45, 7) is 2.69. The topological polar surface area (TPSA) is 58.4 Å². The van der Waals surface area contributed by atoms with Crippen LogP contribution < -0.4 is 11.1 Å². The lowest BCUT2D eigenvalue weighted by Gasteiger charge is -2.47. The second-order valence-corrected chi connectivity index (χ2v) is 6.41. The van der Waals surface area contributed by atoms with Crippen molar-refractivity contribution in [3.63, 3.8) is 0 Å². The molecule has 2 aliphatic heterocycles. The summed E-state index contributed by atoms with van der Waals surface area (Å²) < 4.78 is 0. The first-order valence-corrected chi connectivity index (χ1v) is 7.84. The van der Waals surface area contributed by atoms with Gasteiger partial charge >= 0.3 is 0 Å². The minimum atomic E-state index is 0.100. The first kappa shape index (κ1) is 14.8. The monoisotopic (exact) mass is 267 g/mol. The summed E-state index contributed by atoms with van der Waals surface area (Å²) >= 11 is 0. The molecule has 0 spiro atoms. The summed E-state index contributed by atoms with van der Waals surface area (Å²) in [5, 5.41) is 3.27. The van der Waals surface area contributed by atoms with Crippen molar-refractivity contribution in [2.75, 3.05) is 13.6 Å². The molecular weight excluding hydrogens is 238 g/mol. The van der Waals surface area contributed by atoms with Gasteiger partial charge in [0.15, 0.2) is 0 Å². The molecule has 2 heterocycles. The lowest BCUT2D eigenvalue weighted by Crippen LogP contribution is -2.55. The highest BCUT2D eigenvalue weighted by atomic mass is 16.1. The number of amides is 1. The highest BCUT2D eigenvalue weighted by Gasteiger charge is 2.36. The number of nitrogens with one attached hydrogen (secondary N) is 1. The minimum Gasteiger partial charge on any atom is -0.353 e. The van der Waals surface area contributed by atoms with Crippen LogP contribution in [0.1, 0.15) is 51.9 Å². The smallest absolute Gasteiger partial charge is 0.223 e. The van der Waals surface area contributed by atoms with Crippen molar-refractivity contribution >= 4 is 5.91 Å². The molecule has 0 aromatic rings. The number of hydrogen-bond donors (Lipinski definition) is 2. The second kappa shape index (κ2) is 6.71. The molecule has 1 amide bonds. The van der Waals surface area contributed by atoms with Gasteiger partial charge in [-0.15, -0.1) is 0 Å². The first-order valence-electron chi connectivity index (χ1n) is 7.84. The Kier molecular flexibility index (Phi) is 5.22. The van der Waals surface area contributed by atoms with E-state index in [1.807, 2.05) is 6.92 Å². The third-order valence-electron chi connectivity index (χ3n) is 4.98. The zero-order chi connectivity index (χ0) is 13.8. The predicted molar refractivity (Wildman–Crippen MR) is 77.8 cm³/mol. The number of piperidine rings is 2. The van der Waals surface area contributed by atoms with E-state index in [1.165, 1.54) is 19.3 Å². The molecule has 110 valence electrons. The first-order chi connectivity index (χ1) is 9.11. The molecule has 2 saturated heterocycles. The predicted octanol–water partition coefficient (Wildman–Crippen LogP) is 1.49. The van der Waals surface area contributed by atoms with Crippen LogP contribution in [0.15, 0.2) is 0 Å². The Morgan fingerprint density at radius 2 is 2.00 bits per heavy atom. The van der Waals surface area contributed by atoms with Gasteiger partial charge in [0.2, 0.25) is 5.91 Å². The molecule has 4 heteroatoms. The molecule has 0 aromatic heterocycles. The van der Waals surface area contributed by atoms with Crippen LogP contribution in [0.5, 0.6) is 0 Å². The lowest BCUT2D eigenvalue weighted by molar-refractivity contribution is -0.126. The maximum atomic E-state index is 12.2. The SMILES string of the molecule is CC(CCCN)C(=O)NC1CC2CCCC(C1)N2C. The maximum absolute atomic E-state index is 12.2. The summed E-state index contributed by atoms with van der Waals surface area (Å²) in [6.07, 6.45) is 8.04. The molecule has 3 unspecified atom stereocenters. The molecule has 0 radical (unpaired) electrons. The van der Waals surface area contributed by atoms with Crippen LogP contribution >= 0.6 is 0 Å². The molecule has 3 atom stereocenters. The van der Waals surface area contributed by atoms with Gasteiger partial charge in [0.25, 0.3) is 0 Å². The summed E-state index contributed by atoms with van der Waals surface area (Å²) in [4.78, 5) is 14.7. The van der Waals surface area contributed by atoms with Gasteiger partial charge in [0, 0.05) is 24.0 Å². The van der Waals surface area contributed by atoms with Crippen molar-refractivity contribution in [2.24, 2.45) is 11.7 Å². The van der Waals surface area contributed by atoms with Gasteiger partial charge < -0.3 is 16.0 Å². The van der Waals surface area contributed by atoms with E-state index < -0.39 is 0 Å². The maximum Gasteiger partial charge on any atom is 0.223 e. The van der Waals surface area contributed by atoms with E-state index in [-0.39, 0.29) is 11.8 Å². The summed E-state index contributed by atoms with van der Waals surface area (Å²) in [6, 6.07) is 1.74. The molecule has 2 bridgehead atoms. The second-order valence-electron chi connectivity index (χ2n) is 6.41. The highest BCUT2D eigenvalue weighted by molar-refractivity contribution is 5.78. The zero-order valence-electron chi connectivity index (χ0n) is 12.4. The zero-order valence-corrected chi connectivity index (χ0v) is 12.4. The van der Waals surface area contributed by atoms with E-state index in [1.54, 1.807) is 0 Å². The number of carbonyl (C=O) groups excluding carboxylic acids is 1. The average Bonchev–Trinajstić information content (AvgIpc) is 2.37. The van der Waals surface area contributed by atoms with Gasteiger partial charge in [-0.05, 0) is 52.1 Å². The van der Waals surface area contributed by atoms with E-state index >= 15 is 0 Å². The van der Waals surface area contributed by atoms with Crippen LogP contribution in [-0.2, 0) is 4.79 Å². The molecular formula is C15H29N3O.